The van der Waals surface area contributed by atoms with Gasteiger partial charge in [0.1, 0.15) is 11.6 Å². The van der Waals surface area contributed by atoms with Crippen LogP contribution in [0.1, 0.15) is 11.4 Å². The second-order valence-corrected chi connectivity index (χ2v) is 4.59. The molecule has 3 rings (SSSR count). The van der Waals surface area contributed by atoms with Gasteiger partial charge >= 0.3 is 0 Å². The quantitative estimate of drug-likeness (QED) is 0.715. The number of nitrogen functional groups attached to an aromatic ring is 1. The van der Waals surface area contributed by atoms with Gasteiger partial charge in [-0.3, -0.25) is 0 Å². The minimum atomic E-state index is -0.375. The van der Waals surface area contributed by atoms with Gasteiger partial charge in [-0.2, -0.15) is 0 Å². The van der Waals surface area contributed by atoms with E-state index in [-0.39, 0.29) is 11.5 Å². The number of benzene rings is 2. The van der Waals surface area contributed by atoms with Crippen LogP contribution in [0.3, 0.4) is 0 Å². The Balaban J connectivity index is 2.05. The van der Waals surface area contributed by atoms with E-state index in [9.17, 15) is 4.39 Å². The lowest BCUT2D eigenvalue weighted by Crippen LogP contribution is -2.03. The fourth-order valence-corrected chi connectivity index (χ4v) is 2.25. The summed E-state index contributed by atoms with van der Waals surface area (Å²) in [5.41, 5.74) is 8.55. The molecule has 0 saturated carbocycles. The number of fused-ring (bicyclic) bond motifs is 1. The Bertz CT molecular complexity index is 746. The topological polar surface area (TPSA) is 43.8 Å². The van der Waals surface area contributed by atoms with Gasteiger partial charge in [0.15, 0.2) is 0 Å². The number of nitrogens with two attached hydrogens (primary N) is 1. The standard InChI is InChI=1S/C15H14FN3/c1-10-18-14-4-2-3-5-15(14)19(10)9-11-6-7-13(17)12(16)8-11/h2-8H,9,17H2,1H3. The Morgan fingerprint density at radius 1 is 1.21 bits per heavy atom. The molecule has 0 aliphatic carbocycles. The van der Waals surface area contributed by atoms with Crippen molar-refractivity contribution in [1.82, 2.24) is 9.55 Å². The van der Waals surface area contributed by atoms with Crippen molar-refractivity contribution in [1.29, 1.82) is 0 Å². The Morgan fingerprint density at radius 3 is 2.79 bits per heavy atom. The molecule has 3 nitrogen and oxygen atoms in total. The summed E-state index contributed by atoms with van der Waals surface area (Å²) in [6.45, 7) is 2.54. The molecule has 0 aliphatic rings. The van der Waals surface area contributed by atoms with Crippen LogP contribution in [0.15, 0.2) is 42.5 Å². The highest BCUT2D eigenvalue weighted by Gasteiger charge is 2.08. The van der Waals surface area contributed by atoms with E-state index in [0.29, 0.717) is 6.54 Å². The van der Waals surface area contributed by atoms with Crippen molar-refractivity contribution in [2.45, 2.75) is 13.5 Å². The van der Waals surface area contributed by atoms with E-state index in [0.717, 1.165) is 22.4 Å². The van der Waals surface area contributed by atoms with E-state index in [4.69, 9.17) is 5.73 Å². The summed E-state index contributed by atoms with van der Waals surface area (Å²) in [6.07, 6.45) is 0. The molecule has 0 atom stereocenters. The summed E-state index contributed by atoms with van der Waals surface area (Å²) >= 11 is 0. The number of halogens is 1. The van der Waals surface area contributed by atoms with Crippen LogP contribution in [0, 0.1) is 12.7 Å². The van der Waals surface area contributed by atoms with E-state index in [1.165, 1.54) is 6.07 Å². The van der Waals surface area contributed by atoms with Gasteiger partial charge in [-0.15, -0.1) is 0 Å². The van der Waals surface area contributed by atoms with Crippen LogP contribution in [-0.2, 0) is 6.54 Å². The average molecular weight is 255 g/mol. The first-order chi connectivity index (χ1) is 9.15. The van der Waals surface area contributed by atoms with E-state index < -0.39 is 0 Å². The third-order valence-corrected chi connectivity index (χ3v) is 3.25. The second kappa shape index (κ2) is 4.39. The molecule has 0 spiro atoms. The zero-order valence-electron chi connectivity index (χ0n) is 10.6. The SMILES string of the molecule is Cc1nc2ccccc2n1Cc1ccc(N)c(F)c1. The van der Waals surface area contributed by atoms with E-state index in [1.807, 2.05) is 37.3 Å². The van der Waals surface area contributed by atoms with Crippen LogP contribution >= 0.6 is 0 Å². The predicted molar refractivity (Wildman–Crippen MR) is 74.4 cm³/mol. The highest BCUT2D eigenvalue weighted by molar-refractivity contribution is 5.75. The van der Waals surface area contributed by atoms with Crippen LogP contribution in [0.25, 0.3) is 11.0 Å². The largest absolute Gasteiger partial charge is 0.396 e. The zero-order chi connectivity index (χ0) is 13.4. The molecule has 1 aromatic heterocycles. The first-order valence-corrected chi connectivity index (χ1v) is 6.11. The molecule has 0 aliphatic heterocycles. The van der Waals surface area contributed by atoms with Gasteiger partial charge in [-0.1, -0.05) is 18.2 Å². The predicted octanol–water partition coefficient (Wildman–Crippen LogP) is 3.11. The zero-order valence-corrected chi connectivity index (χ0v) is 10.6. The number of aromatic nitrogens is 2. The molecular weight excluding hydrogens is 241 g/mol. The number of aryl methyl sites for hydroxylation is 1. The summed E-state index contributed by atoms with van der Waals surface area (Å²) in [5, 5.41) is 0. The van der Waals surface area contributed by atoms with Crippen LogP contribution in [0.2, 0.25) is 0 Å². The van der Waals surface area contributed by atoms with Gasteiger partial charge in [0.05, 0.1) is 16.7 Å². The first kappa shape index (κ1) is 11.7. The van der Waals surface area contributed by atoms with E-state index in [1.54, 1.807) is 6.07 Å². The maximum absolute atomic E-state index is 13.5. The van der Waals surface area contributed by atoms with Crippen molar-refractivity contribution < 1.29 is 4.39 Å². The Hall–Kier alpha value is -2.36. The molecule has 0 radical (unpaired) electrons. The smallest absolute Gasteiger partial charge is 0.146 e. The number of rotatable bonds is 2. The molecule has 2 N–H and O–H groups in total. The monoisotopic (exact) mass is 255 g/mol. The molecule has 0 fully saturated rings. The van der Waals surface area contributed by atoms with Gasteiger partial charge in [-0.05, 0) is 36.8 Å². The fourth-order valence-electron chi connectivity index (χ4n) is 2.25. The van der Waals surface area contributed by atoms with E-state index >= 15 is 0 Å². The van der Waals surface area contributed by atoms with Gasteiger partial charge in [0.25, 0.3) is 0 Å². The summed E-state index contributed by atoms with van der Waals surface area (Å²) in [4.78, 5) is 4.49. The average Bonchev–Trinajstić information content (AvgIpc) is 2.71. The summed E-state index contributed by atoms with van der Waals surface area (Å²) in [7, 11) is 0. The Morgan fingerprint density at radius 2 is 2.00 bits per heavy atom. The highest BCUT2D eigenvalue weighted by Crippen LogP contribution is 2.19. The van der Waals surface area contributed by atoms with Crippen molar-refractivity contribution in [2.24, 2.45) is 0 Å². The van der Waals surface area contributed by atoms with Crippen molar-refractivity contribution in [2.75, 3.05) is 5.73 Å². The number of hydrogen-bond donors (Lipinski definition) is 1. The van der Waals surface area contributed by atoms with Crippen molar-refractivity contribution in [3.05, 3.63) is 59.7 Å². The lowest BCUT2D eigenvalue weighted by atomic mass is 10.2. The molecule has 0 bridgehead atoms. The molecule has 1 heterocycles. The highest BCUT2D eigenvalue weighted by atomic mass is 19.1. The Kier molecular flexibility index (Phi) is 2.71. The minimum absolute atomic E-state index is 0.177. The molecule has 19 heavy (non-hydrogen) atoms. The molecule has 0 unspecified atom stereocenters. The number of nitrogens with zero attached hydrogens (tertiary/aromatic N) is 2. The minimum Gasteiger partial charge on any atom is -0.396 e. The maximum Gasteiger partial charge on any atom is 0.146 e. The maximum atomic E-state index is 13.5. The fraction of sp³-hybridized carbons (Fsp3) is 0.133. The number of para-hydroxylation sites is 2. The van der Waals surface area contributed by atoms with Gasteiger partial charge in [0, 0.05) is 6.54 Å². The molecule has 0 amide bonds. The summed E-state index contributed by atoms with van der Waals surface area (Å²) in [5.74, 6) is 0.540. The molecule has 0 saturated heterocycles. The third-order valence-electron chi connectivity index (χ3n) is 3.25. The lowest BCUT2D eigenvalue weighted by molar-refractivity contribution is 0.628. The van der Waals surface area contributed by atoms with Gasteiger partial charge in [-0.25, -0.2) is 9.37 Å². The van der Waals surface area contributed by atoms with Crippen LogP contribution in [0.4, 0.5) is 10.1 Å². The molecule has 2 aromatic carbocycles. The number of imidazole rings is 1. The van der Waals surface area contributed by atoms with Crippen LogP contribution in [-0.4, -0.2) is 9.55 Å². The van der Waals surface area contributed by atoms with E-state index in [2.05, 4.69) is 9.55 Å². The Labute approximate surface area is 110 Å². The van der Waals surface area contributed by atoms with Crippen molar-refractivity contribution >= 4 is 16.7 Å². The van der Waals surface area contributed by atoms with Gasteiger partial charge in [0.2, 0.25) is 0 Å². The molecule has 4 heteroatoms. The van der Waals surface area contributed by atoms with Crippen molar-refractivity contribution in [3.63, 3.8) is 0 Å². The number of anilines is 1. The lowest BCUT2D eigenvalue weighted by Gasteiger charge is -2.08. The van der Waals surface area contributed by atoms with Crippen LogP contribution in [0.5, 0.6) is 0 Å². The summed E-state index contributed by atoms with van der Waals surface area (Å²) in [6, 6.07) is 12.8. The molecular formula is C15H14FN3. The third kappa shape index (κ3) is 2.05. The molecule has 3 aromatic rings. The van der Waals surface area contributed by atoms with Crippen molar-refractivity contribution in [3.8, 4) is 0 Å². The normalized spacial score (nSPS) is 11.1. The number of hydrogen-bond acceptors (Lipinski definition) is 2. The second-order valence-electron chi connectivity index (χ2n) is 4.59. The first-order valence-electron chi connectivity index (χ1n) is 6.11. The van der Waals surface area contributed by atoms with Crippen LogP contribution < -0.4 is 5.73 Å². The van der Waals surface area contributed by atoms with Gasteiger partial charge < -0.3 is 10.3 Å². The summed E-state index contributed by atoms with van der Waals surface area (Å²) < 4.78 is 15.5. The molecule has 96 valence electrons.